The first kappa shape index (κ1) is 13.3. The molecule has 2 aliphatic rings. The molecule has 0 spiro atoms. The van der Waals surface area contributed by atoms with Crippen molar-refractivity contribution in [3.63, 3.8) is 0 Å². The Morgan fingerprint density at radius 1 is 0.625 bits per heavy atom. The molecule has 0 N–H and O–H groups in total. The Morgan fingerprint density at radius 2 is 1.04 bits per heavy atom. The summed E-state index contributed by atoms with van der Waals surface area (Å²) >= 11 is 0. The van der Waals surface area contributed by atoms with Gasteiger partial charge in [-0.2, -0.15) is 0 Å². The molecule has 116 valence electrons. The molecule has 3 aromatic carbocycles. The summed E-state index contributed by atoms with van der Waals surface area (Å²) in [4.78, 5) is 9.57. The third-order valence-corrected chi connectivity index (χ3v) is 4.44. The van der Waals surface area contributed by atoms with Crippen LogP contribution in [-0.2, 0) is 0 Å². The van der Waals surface area contributed by atoms with Gasteiger partial charge in [0.15, 0.2) is 23.0 Å². The number of hydrogen-bond donors (Lipinski definition) is 0. The van der Waals surface area contributed by atoms with Gasteiger partial charge in [-0.05, 0) is 38.1 Å². The van der Waals surface area contributed by atoms with Gasteiger partial charge in [-0.25, -0.2) is 9.98 Å². The van der Waals surface area contributed by atoms with Gasteiger partial charge in [0.05, 0.1) is 0 Å². The fraction of sp³-hybridized carbons (Fsp3) is 0.100. The van der Waals surface area contributed by atoms with Crippen molar-refractivity contribution in [3.8, 4) is 23.0 Å². The van der Waals surface area contributed by atoms with E-state index in [1.807, 2.05) is 62.4 Å². The van der Waals surface area contributed by atoms with Crippen LogP contribution in [0.15, 0.2) is 58.5 Å². The molecule has 0 aliphatic carbocycles. The molecule has 4 nitrogen and oxygen atoms in total. The molecule has 0 atom stereocenters. The molecule has 0 unspecified atom stereocenters. The van der Waals surface area contributed by atoms with E-state index < -0.39 is 0 Å². The summed E-state index contributed by atoms with van der Waals surface area (Å²) in [6.45, 7) is 4.00. The van der Waals surface area contributed by atoms with E-state index in [0.717, 1.165) is 56.2 Å². The normalized spacial score (nSPS) is 13.1. The van der Waals surface area contributed by atoms with Crippen LogP contribution in [0.25, 0.3) is 0 Å². The van der Waals surface area contributed by atoms with Gasteiger partial charge < -0.3 is 9.47 Å². The Labute approximate surface area is 138 Å². The summed E-state index contributed by atoms with van der Waals surface area (Å²) in [5.41, 5.74) is 3.55. The maximum Gasteiger partial charge on any atom is 0.158 e. The van der Waals surface area contributed by atoms with Gasteiger partial charge in [0.1, 0.15) is 22.1 Å². The zero-order valence-electron chi connectivity index (χ0n) is 13.3. The van der Waals surface area contributed by atoms with Gasteiger partial charge in [-0.15, -0.1) is 0 Å². The summed E-state index contributed by atoms with van der Waals surface area (Å²) in [5.74, 6) is 3.06. The molecule has 0 bridgehead atoms. The lowest BCUT2D eigenvalue weighted by Gasteiger charge is -2.22. The molecule has 4 heteroatoms. The molecular weight excluding hydrogens is 300 g/mol. The summed E-state index contributed by atoms with van der Waals surface area (Å²) < 4.78 is 12.3. The topological polar surface area (TPSA) is 43.2 Å². The summed E-state index contributed by atoms with van der Waals surface area (Å²) in [7, 11) is 0. The maximum absolute atomic E-state index is 6.13. The van der Waals surface area contributed by atoms with Gasteiger partial charge in [-0.1, -0.05) is 24.3 Å². The first-order valence-corrected chi connectivity index (χ1v) is 7.87. The van der Waals surface area contributed by atoms with Crippen LogP contribution in [0.5, 0.6) is 23.0 Å². The molecule has 0 fully saturated rings. The molecule has 0 radical (unpaired) electrons. The highest BCUT2D eigenvalue weighted by Crippen LogP contribution is 2.39. The van der Waals surface area contributed by atoms with Gasteiger partial charge in [0.2, 0.25) is 0 Å². The minimum atomic E-state index is 0.761. The van der Waals surface area contributed by atoms with E-state index in [1.165, 1.54) is 0 Å². The SMILES string of the molecule is Cc1c2c(c(C)c3c1=Nc1ccccc1O3)=Nc1ccccc1O2. The summed E-state index contributed by atoms with van der Waals surface area (Å²) in [6.07, 6.45) is 0. The van der Waals surface area contributed by atoms with Crippen LogP contribution in [0.3, 0.4) is 0 Å². The highest BCUT2D eigenvalue weighted by Gasteiger charge is 2.24. The number of ether oxygens (including phenoxy) is 2. The van der Waals surface area contributed by atoms with Crippen LogP contribution in [-0.4, -0.2) is 0 Å². The Morgan fingerprint density at radius 3 is 1.50 bits per heavy atom. The minimum Gasteiger partial charge on any atom is -0.452 e. The van der Waals surface area contributed by atoms with Crippen molar-refractivity contribution in [2.45, 2.75) is 13.8 Å². The summed E-state index contributed by atoms with van der Waals surface area (Å²) in [6, 6.07) is 15.6. The molecule has 0 aromatic heterocycles. The van der Waals surface area contributed by atoms with Crippen molar-refractivity contribution < 1.29 is 9.47 Å². The van der Waals surface area contributed by atoms with Crippen molar-refractivity contribution in [2.24, 2.45) is 9.98 Å². The lowest BCUT2D eigenvalue weighted by molar-refractivity contribution is 0.443. The molecule has 3 aromatic rings. The third-order valence-electron chi connectivity index (χ3n) is 4.44. The van der Waals surface area contributed by atoms with Gasteiger partial charge in [-0.3, -0.25) is 0 Å². The molecular formula is C20H14N2O2. The predicted octanol–water partition coefficient (Wildman–Crippen LogP) is 4.42. The van der Waals surface area contributed by atoms with Crippen molar-refractivity contribution in [1.29, 1.82) is 0 Å². The molecule has 0 amide bonds. The monoisotopic (exact) mass is 314 g/mol. The second-order valence-electron chi connectivity index (χ2n) is 5.97. The van der Waals surface area contributed by atoms with E-state index in [4.69, 9.17) is 19.5 Å². The van der Waals surface area contributed by atoms with Crippen LogP contribution in [0.4, 0.5) is 11.4 Å². The first-order chi connectivity index (χ1) is 11.7. The Bertz CT molecular complexity index is 1040. The van der Waals surface area contributed by atoms with E-state index in [1.54, 1.807) is 0 Å². The average molecular weight is 314 g/mol. The zero-order chi connectivity index (χ0) is 16.3. The molecule has 2 aliphatic heterocycles. The van der Waals surface area contributed by atoms with Crippen molar-refractivity contribution in [3.05, 3.63) is 70.4 Å². The second kappa shape index (κ2) is 4.68. The highest BCUT2D eigenvalue weighted by atomic mass is 16.5. The first-order valence-electron chi connectivity index (χ1n) is 7.87. The Balaban J connectivity index is 1.87. The van der Waals surface area contributed by atoms with E-state index in [2.05, 4.69) is 0 Å². The quantitative estimate of drug-likeness (QED) is 0.425. The van der Waals surface area contributed by atoms with Crippen LogP contribution in [0, 0.1) is 13.8 Å². The van der Waals surface area contributed by atoms with Gasteiger partial charge in [0.25, 0.3) is 0 Å². The number of hydrogen-bond acceptors (Lipinski definition) is 4. The molecule has 5 rings (SSSR count). The largest absolute Gasteiger partial charge is 0.452 e. The van der Waals surface area contributed by atoms with Crippen LogP contribution >= 0.6 is 0 Å². The number of para-hydroxylation sites is 4. The van der Waals surface area contributed by atoms with E-state index >= 15 is 0 Å². The number of nitrogens with zero attached hydrogens (tertiary/aromatic N) is 2. The molecule has 0 saturated heterocycles. The third kappa shape index (κ3) is 1.74. The van der Waals surface area contributed by atoms with Gasteiger partial charge in [0, 0.05) is 11.1 Å². The van der Waals surface area contributed by atoms with Crippen LogP contribution in [0.2, 0.25) is 0 Å². The van der Waals surface area contributed by atoms with E-state index in [-0.39, 0.29) is 0 Å². The lowest BCUT2D eigenvalue weighted by atomic mass is 10.1. The van der Waals surface area contributed by atoms with E-state index in [0.29, 0.717) is 0 Å². The fourth-order valence-corrected chi connectivity index (χ4v) is 3.16. The van der Waals surface area contributed by atoms with Crippen LogP contribution < -0.4 is 20.2 Å². The molecule has 0 saturated carbocycles. The van der Waals surface area contributed by atoms with Crippen molar-refractivity contribution >= 4 is 11.4 Å². The predicted molar refractivity (Wildman–Crippen MR) is 90.6 cm³/mol. The van der Waals surface area contributed by atoms with Crippen molar-refractivity contribution in [2.75, 3.05) is 0 Å². The molecule has 2 heterocycles. The highest BCUT2D eigenvalue weighted by molar-refractivity contribution is 5.62. The Kier molecular flexibility index (Phi) is 2.59. The lowest BCUT2D eigenvalue weighted by Crippen LogP contribution is -2.25. The average Bonchev–Trinajstić information content (AvgIpc) is 2.64. The van der Waals surface area contributed by atoms with E-state index in [9.17, 15) is 0 Å². The fourth-order valence-electron chi connectivity index (χ4n) is 3.16. The van der Waals surface area contributed by atoms with Gasteiger partial charge >= 0.3 is 0 Å². The Hall–Kier alpha value is -3.14. The number of benzene rings is 3. The van der Waals surface area contributed by atoms with Crippen molar-refractivity contribution in [1.82, 2.24) is 0 Å². The zero-order valence-corrected chi connectivity index (χ0v) is 13.3. The van der Waals surface area contributed by atoms with Crippen LogP contribution in [0.1, 0.15) is 11.1 Å². The standard InChI is InChI=1S/C20H14N2O2/c1-11-17-20(24-16-10-6-3-7-13(16)21-17)12(2)18-19(11)23-15-9-5-4-8-14(15)22-18/h3-10H,1-2H3. The maximum atomic E-state index is 6.13. The number of rotatable bonds is 0. The smallest absolute Gasteiger partial charge is 0.158 e. The summed E-state index contributed by atoms with van der Waals surface area (Å²) in [5, 5.41) is 1.64. The minimum absolute atomic E-state index is 0.761. The number of fused-ring (bicyclic) bond motifs is 4. The molecule has 24 heavy (non-hydrogen) atoms. The second-order valence-corrected chi connectivity index (χ2v) is 5.97.